The number of hydrogen-bond acceptors (Lipinski definition) is 7. The third kappa shape index (κ3) is 7.04. The quantitative estimate of drug-likeness (QED) is 0.195. The standard InChI is InChI=1S/C27H27F7N4O2S2/c1-38-12-10-20(19(28)15-38)37-22-6-3-5-17-18(14-26(29,30)31)24(41-25(17)22)7-4-11-36-21-9-8-16(13-23(21)40-2)42(35,39)27(32,33)34/h3,5-6,8-9,13,19-20,35-37H,10-12,14-15H2,1-2H3/t19-,20+,42?/m1/s1. The summed E-state index contributed by atoms with van der Waals surface area (Å²) in [5, 5.41) is 6.35. The van der Waals surface area contributed by atoms with Crippen molar-refractivity contribution >= 4 is 42.5 Å². The molecule has 2 aromatic carbocycles. The first-order valence-corrected chi connectivity index (χ1v) is 14.9. The summed E-state index contributed by atoms with van der Waals surface area (Å²) in [6.07, 6.45) is -6.33. The summed E-state index contributed by atoms with van der Waals surface area (Å²) in [5.41, 5.74) is -4.56. The largest absolute Gasteiger partial charge is 0.495 e. The molecule has 1 aliphatic rings. The molecule has 0 spiro atoms. The second-order valence-electron chi connectivity index (χ2n) is 9.72. The van der Waals surface area contributed by atoms with Crippen molar-refractivity contribution in [2.75, 3.05) is 44.4 Å². The Morgan fingerprint density at radius 3 is 2.55 bits per heavy atom. The Hall–Kier alpha value is -3.22. The van der Waals surface area contributed by atoms with Crippen molar-refractivity contribution < 1.29 is 39.7 Å². The fraction of sp³-hybridized carbons (Fsp3) is 0.407. The van der Waals surface area contributed by atoms with Gasteiger partial charge in [0.15, 0.2) is 9.73 Å². The minimum atomic E-state index is -5.27. The maximum Gasteiger partial charge on any atom is 0.483 e. The number of piperidine rings is 1. The van der Waals surface area contributed by atoms with E-state index < -0.39 is 44.9 Å². The summed E-state index contributed by atoms with van der Waals surface area (Å²) in [4.78, 5) is 1.27. The third-order valence-corrected chi connectivity index (χ3v) is 9.45. The van der Waals surface area contributed by atoms with Crippen molar-refractivity contribution in [3.8, 4) is 17.6 Å². The summed E-state index contributed by atoms with van der Waals surface area (Å²) >= 11 is 1.06. The highest BCUT2D eigenvalue weighted by Gasteiger charge is 2.43. The number of fused-ring (bicyclic) bond motifs is 1. The van der Waals surface area contributed by atoms with Crippen LogP contribution in [0.25, 0.3) is 10.1 Å². The molecule has 1 aromatic heterocycles. The smallest absolute Gasteiger partial charge is 0.483 e. The van der Waals surface area contributed by atoms with Crippen molar-refractivity contribution in [3.63, 3.8) is 0 Å². The molecule has 1 aliphatic heterocycles. The first-order valence-electron chi connectivity index (χ1n) is 12.6. The van der Waals surface area contributed by atoms with Crippen LogP contribution >= 0.6 is 11.3 Å². The molecule has 0 saturated carbocycles. The Balaban J connectivity index is 1.60. The number of methoxy groups -OCH3 is 1. The number of likely N-dealkylation sites (tertiary alicyclic amines) is 1. The lowest BCUT2D eigenvalue weighted by Gasteiger charge is -2.33. The predicted molar refractivity (Wildman–Crippen MR) is 150 cm³/mol. The monoisotopic (exact) mass is 636 g/mol. The average molecular weight is 637 g/mol. The van der Waals surface area contributed by atoms with Gasteiger partial charge >= 0.3 is 11.7 Å². The lowest BCUT2D eigenvalue weighted by atomic mass is 10.0. The fourth-order valence-electron chi connectivity index (χ4n) is 4.57. The number of hydrogen-bond donors (Lipinski definition) is 3. The molecular formula is C27H27F7N4O2S2. The summed E-state index contributed by atoms with van der Waals surface area (Å²) in [7, 11) is -2.09. The molecule has 1 unspecified atom stereocenters. The second kappa shape index (κ2) is 12.2. The van der Waals surface area contributed by atoms with E-state index in [2.05, 4.69) is 22.5 Å². The highest BCUT2D eigenvalue weighted by Crippen LogP contribution is 2.40. The number of nitrogens with zero attached hydrogens (tertiary/aromatic N) is 1. The zero-order valence-electron chi connectivity index (χ0n) is 22.4. The highest BCUT2D eigenvalue weighted by atomic mass is 32.2. The number of benzene rings is 2. The van der Waals surface area contributed by atoms with Gasteiger partial charge < -0.3 is 20.3 Å². The molecule has 42 heavy (non-hydrogen) atoms. The van der Waals surface area contributed by atoms with E-state index in [-0.39, 0.29) is 35.0 Å². The van der Waals surface area contributed by atoms with Gasteiger partial charge in [0, 0.05) is 13.1 Å². The van der Waals surface area contributed by atoms with Crippen LogP contribution in [0.4, 0.5) is 42.1 Å². The van der Waals surface area contributed by atoms with Crippen molar-refractivity contribution in [2.45, 2.75) is 41.6 Å². The molecule has 6 nitrogen and oxygen atoms in total. The molecule has 0 bridgehead atoms. The van der Waals surface area contributed by atoms with Gasteiger partial charge in [0.05, 0.1) is 52.0 Å². The number of alkyl halides is 7. The van der Waals surface area contributed by atoms with Gasteiger partial charge in [-0.25, -0.2) is 13.4 Å². The molecule has 1 saturated heterocycles. The molecule has 3 N–H and O–H groups in total. The van der Waals surface area contributed by atoms with Crippen LogP contribution < -0.4 is 15.4 Å². The molecule has 2 heterocycles. The van der Waals surface area contributed by atoms with E-state index in [1.54, 1.807) is 18.2 Å². The predicted octanol–water partition coefficient (Wildman–Crippen LogP) is 6.86. The summed E-state index contributed by atoms with van der Waals surface area (Å²) in [6.45, 7) is 0.813. The van der Waals surface area contributed by atoms with Crippen molar-refractivity contribution in [3.05, 3.63) is 46.8 Å². The van der Waals surface area contributed by atoms with E-state index >= 15 is 0 Å². The molecule has 3 aromatic rings. The van der Waals surface area contributed by atoms with Crippen LogP contribution in [0.2, 0.25) is 0 Å². The molecule has 3 atom stereocenters. The summed E-state index contributed by atoms with van der Waals surface area (Å²) < 4.78 is 119. The van der Waals surface area contributed by atoms with Gasteiger partial charge in [-0.3, -0.25) is 0 Å². The minimum absolute atomic E-state index is 0.00174. The zero-order valence-corrected chi connectivity index (χ0v) is 24.0. The zero-order chi connectivity index (χ0) is 30.9. The Bertz CT molecular complexity index is 1610. The molecule has 1 fully saturated rings. The average Bonchev–Trinajstić information content (AvgIpc) is 3.24. The van der Waals surface area contributed by atoms with E-state index in [1.165, 1.54) is 7.11 Å². The topological polar surface area (TPSA) is 77.4 Å². The van der Waals surface area contributed by atoms with E-state index in [1.807, 2.05) is 11.9 Å². The number of rotatable bonds is 7. The Kier molecular flexibility index (Phi) is 9.19. The van der Waals surface area contributed by atoms with Crippen LogP contribution in [0.15, 0.2) is 41.3 Å². The van der Waals surface area contributed by atoms with E-state index in [0.29, 0.717) is 28.7 Å². The van der Waals surface area contributed by atoms with Gasteiger partial charge in [-0.15, -0.1) is 11.3 Å². The van der Waals surface area contributed by atoms with Gasteiger partial charge in [-0.2, -0.15) is 26.3 Å². The number of thiophene rings is 1. The van der Waals surface area contributed by atoms with Gasteiger partial charge in [0.25, 0.3) is 0 Å². The van der Waals surface area contributed by atoms with E-state index in [0.717, 1.165) is 29.5 Å². The van der Waals surface area contributed by atoms with Gasteiger partial charge in [-0.1, -0.05) is 24.0 Å². The number of halogens is 7. The first kappa shape index (κ1) is 31.7. The van der Waals surface area contributed by atoms with Crippen molar-refractivity contribution in [2.24, 2.45) is 0 Å². The highest BCUT2D eigenvalue weighted by molar-refractivity contribution is 7.93. The van der Waals surface area contributed by atoms with Crippen LogP contribution in [-0.4, -0.2) is 66.8 Å². The van der Waals surface area contributed by atoms with Crippen LogP contribution in [0.3, 0.4) is 0 Å². The maximum atomic E-state index is 14.7. The Labute approximate surface area is 242 Å². The normalized spacial score (nSPS) is 19.5. The summed E-state index contributed by atoms with van der Waals surface area (Å²) in [6, 6.07) is 7.28. The van der Waals surface area contributed by atoms with E-state index in [9.17, 15) is 34.9 Å². The molecule has 228 valence electrons. The van der Waals surface area contributed by atoms with Gasteiger partial charge in [-0.05, 0) is 48.7 Å². The molecule has 4 rings (SSSR count). The second-order valence-corrected chi connectivity index (χ2v) is 12.8. The van der Waals surface area contributed by atoms with Crippen molar-refractivity contribution in [1.29, 1.82) is 4.78 Å². The lowest BCUT2D eigenvalue weighted by molar-refractivity contribution is -0.126. The summed E-state index contributed by atoms with van der Waals surface area (Å²) in [5.74, 6) is 5.39. The molecular weight excluding hydrogens is 609 g/mol. The Morgan fingerprint density at radius 2 is 1.90 bits per heavy atom. The van der Waals surface area contributed by atoms with Gasteiger partial charge in [0.1, 0.15) is 11.9 Å². The minimum Gasteiger partial charge on any atom is -0.495 e. The molecule has 0 amide bonds. The molecule has 15 heteroatoms. The fourth-order valence-corrected chi connectivity index (χ4v) is 6.54. The number of anilines is 2. The number of ether oxygens (including phenoxy) is 1. The molecule has 0 aliphatic carbocycles. The number of nitrogens with one attached hydrogen (secondary N) is 3. The van der Waals surface area contributed by atoms with Crippen LogP contribution in [0.5, 0.6) is 5.75 Å². The lowest BCUT2D eigenvalue weighted by Crippen LogP contribution is -2.46. The SMILES string of the molecule is COc1cc(S(=N)(=O)C(F)(F)F)ccc1NCC#Cc1sc2c(N[C@H]3CCN(C)C[C@H]3F)cccc2c1CC(F)(F)F. The van der Waals surface area contributed by atoms with Crippen LogP contribution in [0.1, 0.15) is 16.9 Å². The first-order chi connectivity index (χ1) is 19.6. The Morgan fingerprint density at radius 1 is 1.17 bits per heavy atom. The third-order valence-electron chi connectivity index (χ3n) is 6.68. The van der Waals surface area contributed by atoms with Gasteiger partial charge in [0.2, 0.25) is 0 Å². The van der Waals surface area contributed by atoms with Crippen molar-refractivity contribution in [1.82, 2.24) is 4.90 Å². The molecule has 0 radical (unpaired) electrons. The maximum absolute atomic E-state index is 14.7. The van der Waals surface area contributed by atoms with Crippen LogP contribution in [0, 0.1) is 16.6 Å². The van der Waals surface area contributed by atoms with E-state index in [4.69, 9.17) is 9.52 Å². The van der Waals surface area contributed by atoms with Crippen LogP contribution in [-0.2, 0) is 16.1 Å².